The minimum absolute atomic E-state index is 0.0241. The lowest BCUT2D eigenvalue weighted by molar-refractivity contribution is 0.271. The second-order valence-electron chi connectivity index (χ2n) is 7.33. The van der Waals surface area contributed by atoms with Gasteiger partial charge in [-0.15, -0.1) is 0 Å². The molecule has 3 aromatic heterocycles. The number of aromatic nitrogens is 5. The summed E-state index contributed by atoms with van der Waals surface area (Å²) in [5, 5.41) is 20.6. The molecule has 4 rings (SSSR count). The molecule has 0 aliphatic carbocycles. The molecule has 3 N–H and O–H groups in total. The van der Waals surface area contributed by atoms with E-state index in [9.17, 15) is 5.11 Å². The Bertz CT molecular complexity index is 1120. The number of hydrogen-bond donors (Lipinski definition) is 3. The van der Waals surface area contributed by atoms with Gasteiger partial charge in [0.1, 0.15) is 0 Å². The van der Waals surface area contributed by atoms with Crippen molar-refractivity contribution in [1.29, 1.82) is 0 Å². The normalized spacial score (nSPS) is 12.1. The standard InChI is InChI=1S/C23H27N7O/c1-3-17-14-26-30-21(17)28-22(27-19(4-2)15-31)29-23(30)25-13-16-8-10-18(11-9-16)20-7-5-6-12-24-20/h5-12,14,19,31H,3-4,13,15H2,1-2H3,(H2,25,27,28,29)/t19-/m1/s1. The minimum atomic E-state index is -0.0950. The van der Waals surface area contributed by atoms with Crippen molar-refractivity contribution in [2.45, 2.75) is 39.3 Å². The number of benzene rings is 1. The van der Waals surface area contributed by atoms with E-state index in [0.717, 1.165) is 40.9 Å². The smallest absolute Gasteiger partial charge is 0.229 e. The van der Waals surface area contributed by atoms with Gasteiger partial charge >= 0.3 is 0 Å². The molecule has 0 aliphatic rings. The first-order valence-corrected chi connectivity index (χ1v) is 10.6. The summed E-state index contributed by atoms with van der Waals surface area (Å²) in [5.74, 6) is 1.09. The van der Waals surface area contributed by atoms with Gasteiger partial charge in [0.25, 0.3) is 0 Å². The van der Waals surface area contributed by atoms with Crippen molar-refractivity contribution in [2.24, 2.45) is 0 Å². The predicted octanol–water partition coefficient (Wildman–Crippen LogP) is 3.54. The summed E-state index contributed by atoms with van der Waals surface area (Å²) in [6.45, 7) is 4.70. The Morgan fingerprint density at radius 2 is 1.90 bits per heavy atom. The highest BCUT2D eigenvalue weighted by Gasteiger charge is 2.14. The molecule has 0 bridgehead atoms. The van der Waals surface area contributed by atoms with Gasteiger partial charge in [-0.3, -0.25) is 4.98 Å². The molecule has 0 unspecified atom stereocenters. The van der Waals surface area contributed by atoms with Crippen LogP contribution in [0.2, 0.25) is 0 Å². The zero-order valence-corrected chi connectivity index (χ0v) is 17.8. The van der Waals surface area contributed by atoms with Crippen LogP contribution in [0.4, 0.5) is 11.9 Å². The van der Waals surface area contributed by atoms with Crippen LogP contribution < -0.4 is 10.6 Å². The molecule has 0 spiro atoms. The lowest BCUT2D eigenvalue weighted by Gasteiger charge is -2.15. The number of nitrogens with zero attached hydrogens (tertiary/aromatic N) is 5. The summed E-state index contributed by atoms with van der Waals surface area (Å²) in [5.41, 5.74) is 4.96. The molecular formula is C23H27N7O. The Labute approximate surface area is 181 Å². The van der Waals surface area contributed by atoms with Crippen molar-refractivity contribution >= 4 is 17.5 Å². The average molecular weight is 418 g/mol. The summed E-state index contributed by atoms with van der Waals surface area (Å²) in [7, 11) is 0. The summed E-state index contributed by atoms with van der Waals surface area (Å²) >= 11 is 0. The highest BCUT2D eigenvalue weighted by molar-refractivity contribution is 5.59. The average Bonchev–Trinajstić information content (AvgIpc) is 3.25. The first-order chi connectivity index (χ1) is 15.2. The van der Waals surface area contributed by atoms with Gasteiger partial charge in [-0.2, -0.15) is 19.6 Å². The lowest BCUT2D eigenvalue weighted by Crippen LogP contribution is -2.24. The van der Waals surface area contributed by atoms with E-state index in [1.165, 1.54) is 0 Å². The van der Waals surface area contributed by atoms with E-state index in [4.69, 9.17) is 0 Å². The Morgan fingerprint density at radius 1 is 1.06 bits per heavy atom. The van der Waals surface area contributed by atoms with Crippen molar-refractivity contribution in [3.05, 3.63) is 66.0 Å². The van der Waals surface area contributed by atoms with Gasteiger partial charge in [-0.25, -0.2) is 0 Å². The SMILES string of the molecule is CCc1cnn2c(NCc3ccc(-c4ccccn4)cc3)nc(N[C@H](CC)CO)nc12. The van der Waals surface area contributed by atoms with Gasteiger partial charge < -0.3 is 15.7 Å². The van der Waals surface area contributed by atoms with Gasteiger partial charge in [-0.1, -0.05) is 44.2 Å². The molecule has 0 saturated heterocycles. The van der Waals surface area contributed by atoms with Crippen LogP contribution in [0.1, 0.15) is 31.4 Å². The Hall–Kier alpha value is -3.52. The molecule has 0 saturated carbocycles. The van der Waals surface area contributed by atoms with Crippen molar-refractivity contribution in [2.75, 3.05) is 17.2 Å². The van der Waals surface area contributed by atoms with Crippen LogP contribution in [0.5, 0.6) is 0 Å². The fourth-order valence-electron chi connectivity index (χ4n) is 3.32. The number of anilines is 2. The number of rotatable bonds is 9. The van der Waals surface area contributed by atoms with Gasteiger partial charge in [0, 0.05) is 23.9 Å². The Morgan fingerprint density at radius 3 is 2.58 bits per heavy atom. The summed E-state index contributed by atoms with van der Waals surface area (Å²) in [4.78, 5) is 13.6. The van der Waals surface area contributed by atoms with Crippen LogP contribution in [0, 0.1) is 0 Å². The maximum atomic E-state index is 9.53. The minimum Gasteiger partial charge on any atom is -0.394 e. The molecule has 160 valence electrons. The maximum Gasteiger partial charge on any atom is 0.229 e. The number of aryl methyl sites for hydroxylation is 1. The molecular weight excluding hydrogens is 390 g/mol. The molecule has 8 heteroatoms. The molecule has 3 heterocycles. The van der Waals surface area contributed by atoms with Gasteiger partial charge in [-0.05, 0) is 30.5 Å². The fourth-order valence-corrected chi connectivity index (χ4v) is 3.32. The number of aliphatic hydroxyl groups excluding tert-OH is 1. The third kappa shape index (κ3) is 4.64. The van der Waals surface area contributed by atoms with E-state index in [1.807, 2.05) is 31.3 Å². The number of pyridine rings is 1. The van der Waals surface area contributed by atoms with Crippen LogP contribution in [0.25, 0.3) is 16.9 Å². The van der Waals surface area contributed by atoms with Crippen molar-refractivity contribution in [3.8, 4) is 11.3 Å². The number of fused-ring (bicyclic) bond motifs is 1. The van der Waals surface area contributed by atoms with E-state index >= 15 is 0 Å². The maximum absolute atomic E-state index is 9.53. The molecule has 1 aromatic carbocycles. The first-order valence-electron chi connectivity index (χ1n) is 10.6. The summed E-state index contributed by atoms with van der Waals surface area (Å²) in [6, 6.07) is 14.1. The molecule has 4 aromatic rings. The quantitative estimate of drug-likeness (QED) is 0.383. The van der Waals surface area contributed by atoms with Crippen LogP contribution >= 0.6 is 0 Å². The van der Waals surface area contributed by atoms with E-state index in [0.29, 0.717) is 18.4 Å². The number of hydrogen-bond acceptors (Lipinski definition) is 7. The van der Waals surface area contributed by atoms with E-state index in [2.05, 4.69) is 61.9 Å². The Balaban J connectivity index is 1.56. The molecule has 0 aliphatic heterocycles. The van der Waals surface area contributed by atoms with E-state index < -0.39 is 0 Å². The van der Waals surface area contributed by atoms with Gasteiger partial charge in [0.15, 0.2) is 5.65 Å². The van der Waals surface area contributed by atoms with Crippen LogP contribution in [0.3, 0.4) is 0 Å². The van der Waals surface area contributed by atoms with Crippen LogP contribution in [-0.4, -0.2) is 42.3 Å². The predicted molar refractivity (Wildman–Crippen MR) is 122 cm³/mol. The molecule has 31 heavy (non-hydrogen) atoms. The number of aliphatic hydroxyl groups is 1. The second-order valence-corrected chi connectivity index (χ2v) is 7.33. The topological polar surface area (TPSA) is 100 Å². The first kappa shape index (κ1) is 20.7. The lowest BCUT2D eigenvalue weighted by atomic mass is 10.1. The largest absolute Gasteiger partial charge is 0.394 e. The van der Waals surface area contributed by atoms with Crippen LogP contribution in [0.15, 0.2) is 54.9 Å². The highest BCUT2D eigenvalue weighted by atomic mass is 16.3. The highest BCUT2D eigenvalue weighted by Crippen LogP contribution is 2.19. The fraction of sp³-hybridized carbons (Fsp3) is 0.304. The summed E-state index contributed by atoms with van der Waals surface area (Å²) < 4.78 is 1.73. The monoisotopic (exact) mass is 417 g/mol. The van der Waals surface area contributed by atoms with E-state index in [1.54, 1.807) is 10.7 Å². The van der Waals surface area contributed by atoms with Gasteiger partial charge in [0.05, 0.1) is 24.5 Å². The van der Waals surface area contributed by atoms with Crippen molar-refractivity contribution in [3.63, 3.8) is 0 Å². The Kier molecular flexibility index (Phi) is 6.37. The second kappa shape index (κ2) is 9.53. The third-order valence-electron chi connectivity index (χ3n) is 5.23. The zero-order chi connectivity index (χ0) is 21.6. The summed E-state index contributed by atoms with van der Waals surface area (Å²) in [6.07, 6.45) is 5.22. The zero-order valence-electron chi connectivity index (χ0n) is 17.8. The molecule has 0 fully saturated rings. The molecule has 8 nitrogen and oxygen atoms in total. The van der Waals surface area contributed by atoms with E-state index in [-0.39, 0.29) is 12.6 Å². The van der Waals surface area contributed by atoms with Crippen molar-refractivity contribution < 1.29 is 5.11 Å². The van der Waals surface area contributed by atoms with Gasteiger partial charge in [0.2, 0.25) is 11.9 Å². The number of nitrogens with one attached hydrogen (secondary N) is 2. The third-order valence-corrected chi connectivity index (χ3v) is 5.23. The van der Waals surface area contributed by atoms with Crippen molar-refractivity contribution in [1.82, 2.24) is 24.6 Å². The molecule has 0 radical (unpaired) electrons. The molecule has 0 amide bonds. The van der Waals surface area contributed by atoms with Crippen LogP contribution in [-0.2, 0) is 13.0 Å². The molecule has 1 atom stereocenters.